The van der Waals surface area contributed by atoms with Gasteiger partial charge in [0, 0.05) is 12.6 Å². The summed E-state index contributed by atoms with van der Waals surface area (Å²) in [6, 6.07) is 2.00. The Morgan fingerprint density at radius 1 is 1.00 bits per heavy atom. The van der Waals surface area contributed by atoms with E-state index in [2.05, 4.69) is 30.4 Å². The summed E-state index contributed by atoms with van der Waals surface area (Å²) in [6.07, 6.45) is 3.19. The first kappa shape index (κ1) is 15.6. The fourth-order valence-electron chi connectivity index (χ4n) is 1.29. The first-order valence-electron chi connectivity index (χ1n) is 6.17. The van der Waals surface area contributed by atoms with Crippen LogP contribution >= 0.6 is 0 Å². The molecule has 0 atom stereocenters. The van der Waals surface area contributed by atoms with Crippen LogP contribution < -0.4 is 0 Å². The normalized spacial score (nSPS) is 9.25. The number of aryl methyl sites for hydroxylation is 5. The number of aromatic amines is 2. The number of aromatic nitrogens is 6. The molecule has 0 radical (unpaired) electrons. The number of H-pyrrole nitrogens is 2. The minimum Gasteiger partial charge on any atom is -0.446 e. The molecule has 0 saturated heterocycles. The second-order valence-corrected chi connectivity index (χ2v) is 4.25. The van der Waals surface area contributed by atoms with Gasteiger partial charge in [-0.15, -0.1) is 0 Å². The molecule has 0 aliphatic heterocycles. The Labute approximate surface area is 117 Å². The van der Waals surface area contributed by atoms with Crippen LogP contribution in [0, 0.1) is 34.6 Å². The maximum atomic E-state index is 4.97. The maximum absolute atomic E-state index is 4.97. The molecule has 3 aromatic heterocycles. The molecule has 3 rings (SSSR count). The molecule has 3 heterocycles. The third-order valence-electron chi connectivity index (χ3n) is 2.11. The standard InChI is InChI=1S/C5H8N2.C5H7NO.C3H5N3/c1-4-3-5(2)7-6-4;1-4-3-6-5(2)7-4;1-3-4-2-5-6-3/h3H,1-2H3,(H,6,7);3H,1-2H3;2H,1H3,(H,4,5,6). The van der Waals surface area contributed by atoms with Crippen LogP contribution in [0.2, 0.25) is 0 Å². The molecule has 0 bridgehead atoms. The Morgan fingerprint density at radius 2 is 1.75 bits per heavy atom. The van der Waals surface area contributed by atoms with Crippen molar-refractivity contribution in [1.82, 2.24) is 30.4 Å². The largest absolute Gasteiger partial charge is 0.446 e. The number of hydrogen-bond acceptors (Lipinski definition) is 5. The summed E-state index contributed by atoms with van der Waals surface area (Å²) < 4.78 is 4.97. The van der Waals surface area contributed by atoms with Crippen LogP contribution in [-0.4, -0.2) is 30.4 Å². The first-order chi connectivity index (χ1) is 9.47. The molecular formula is C13H20N6O. The molecular weight excluding hydrogens is 256 g/mol. The topological polar surface area (TPSA) is 96.3 Å². The van der Waals surface area contributed by atoms with Gasteiger partial charge in [-0.2, -0.15) is 10.2 Å². The smallest absolute Gasteiger partial charge is 0.191 e. The molecule has 0 saturated carbocycles. The predicted molar refractivity (Wildman–Crippen MR) is 75.2 cm³/mol. The molecule has 0 amide bonds. The number of nitrogens with zero attached hydrogens (tertiary/aromatic N) is 4. The average molecular weight is 276 g/mol. The molecule has 3 aromatic rings. The van der Waals surface area contributed by atoms with Gasteiger partial charge in [0.1, 0.15) is 17.9 Å². The van der Waals surface area contributed by atoms with Crippen molar-refractivity contribution in [1.29, 1.82) is 0 Å². The monoisotopic (exact) mass is 276 g/mol. The lowest BCUT2D eigenvalue weighted by atomic mass is 10.4. The van der Waals surface area contributed by atoms with Crippen molar-refractivity contribution in [3.63, 3.8) is 0 Å². The lowest BCUT2D eigenvalue weighted by Crippen LogP contribution is -1.68. The number of hydrogen-bond donors (Lipinski definition) is 2. The van der Waals surface area contributed by atoms with Gasteiger partial charge in [-0.1, -0.05) is 0 Å². The van der Waals surface area contributed by atoms with Crippen molar-refractivity contribution in [3.8, 4) is 0 Å². The third-order valence-corrected chi connectivity index (χ3v) is 2.11. The van der Waals surface area contributed by atoms with Gasteiger partial charge in [-0.05, 0) is 33.8 Å². The van der Waals surface area contributed by atoms with Crippen LogP contribution in [0.5, 0.6) is 0 Å². The van der Waals surface area contributed by atoms with Gasteiger partial charge in [-0.25, -0.2) is 9.97 Å². The minimum atomic E-state index is 0.734. The van der Waals surface area contributed by atoms with E-state index in [1.807, 2.05) is 40.7 Å². The highest BCUT2D eigenvalue weighted by atomic mass is 16.3. The molecule has 7 nitrogen and oxygen atoms in total. The van der Waals surface area contributed by atoms with Crippen molar-refractivity contribution in [2.75, 3.05) is 0 Å². The zero-order valence-electron chi connectivity index (χ0n) is 12.4. The second kappa shape index (κ2) is 7.88. The van der Waals surface area contributed by atoms with Gasteiger partial charge in [-0.3, -0.25) is 10.2 Å². The molecule has 0 spiro atoms. The summed E-state index contributed by atoms with van der Waals surface area (Å²) in [4.78, 5) is 7.60. The first-order valence-corrected chi connectivity index (χ1v) is 6.17. The van der Waals surface area contributed by atoms with E-state index in [1.54, 1.807) is 6.20 Å². The molecule has 0 aliphatic rings. The van der Waals surface area contributed by atoms with Crippen LogP contribution in [0.15, 0.2) is 23.0 Å². The van der Waals surface area contributed by atoms with Gasteiger partial charge >= 0.3 is 0 Å². The zero-order valence-corrected chi connectivity index (χ0v) is 12.4. The highest BCUT2D eigenvalue weighted by molar-refractivity contribution is 5.03. The van der Waals surface area contributed by atoms with E-state index in [0.29, 0.717) is 0 Å². The lowest BCUT2D eigenvalue weighted by molar-refractivity contribution is 0.494. The van der Waals surface area contributed by atoms with E-state index in [4.69, 9.17) is 4.42 Å². The van der Waals surface area contributed by atoms with E-state index in [9.17, 15) is 0 Å². The molecule has 108 valence electrons. The minimum absolute atomic E-state index is 0.734. The fourth-order valence-corrected chi connectivity index (χ4v) is 1.29. The third kappa shape index (κ3) is 6.48. The molecule has 0 fully saturated rings. The van der Waals surface area contributed by atoms with Crippen molar-refractivity contribution in [3.05, 3.63) is 47.5 Å². The summed E-state index contributed by atoms with van der Waals surface area (Å²) in [7, 11) is 0. The Bertz CT molecular complexity index is 525. The molecule has 0 unspecified atom stereocenters. The fraction of sp³-hybridized carbons (Fsp3) is 0.385. The predicted octanol–water partition coefficient (Wildman–Crippen LogP) is 2.43. The van der Waals surface area contributed by atoms with E-state index < -0.39 is 0 Å². The molecule has 0 aliphatic carbocycles. The SMILES string of the molecule is Cc1cc(C)[nH]n1.Cc1cnc(C)o1.Cc1ncn[nH]1. The van der Waals surface area contributed by atoms with Gasteiger partial charge in [0.25, 0.3) is 0 Å². The van der Waals surface area contributed by atoms with Crippen molar-refractivity contribution >= 4 is 0 Å². The number of oxazole rings is 1. The summed E-state index contributed by atoms with van der Waals surface area (Å²) in [6.45, 7) is 9.50. The van der Waals surface area contributed by atoms with Gasteiger partial charge in [0.15, 0.2) is 5.89 Å². The van der Waals surface area contributed by atoms with Crippen molar-refractivity contribution < 1.29 is 4.42 Å². The quantitative estimate of drug-likeness (QED) is 0.657. The van der Waals surface area contributed by atoms with Crippen LogP contribution in [0.4, 0.5) is 0 Å². The van der Waals surface area contributed by atoms with Gasteiger partial charge < -0.3 is 4.42 Å². The highest BCUT2D eigenvalue weighted by Gasteiger charge is 1.87. The maximum Gasteiger partial charge on any atom is 0.191 e. The van der Waals surface area contributed by atoms with Crippen molar-refractivity contribution in [2.45, 2.75) is 34.6 Å². The second-order valence-electron chi connectivity index (χ2n) is 4.25. The molecule has 2 N–H and O–H groups in total. The van der Waals surface area contributed by atoms with Crippen LogP contribution in [0.25, 0.3) is 0 Å². The summed E-state index contributed by atoms with van der Waals surface area (Å²) in [5.41, 5.74) is 2.18. The Kier molecular flexibility index (Phi) is 6.15. The van der Waals surface area contributed by atoms with Crippen LogP contribution in [-0.2, 0) is 0 Å². The Morgan fingerprint density at radius 3 is 1.90 bits per heavy atom. The lowest BCUT2D eigenvalue weighted by Gasteiger charge is -1.73. The molecule has 0 aromatic carbocycles. The Hall–Kier alpha value is -2.44. The number of nitrogens with one attached hydrogen (secondary N) is 2. The van der Waals surface area contributed by atoms with Gasteiger partial charge in [0.05, 0.1) is 11.9 Å². The van der Waals surface area contributed by atoms with Crippen LogP contribution in [0.1, 0.15) is 28.9 Å². The van der Waals surface area contributed by atoms with Crippen molar-refractivity contribution in [2.24, 2.45) is 0 Å². The molecule has 7 heteroatoms. The summed E-state index contributed by atoms with van der Waals surface area (Å²) in [5.74, 6) is 2.46. The van der Waals surface area contributed by atoms with Gasteiger partial charge in [0.2, 0.25) is 0 Å². The molecule has 20 heavy (non-hydrogen) atoms. The highest BCUT2D eigenvalue weighted by Crippen LogP contribution is 1.97. The Balaban J connectivity index is 0.000000151. The average Bonchev–Trinajstić information content (AvgIpc) is 3.07. The van der Waals surface area contributed by atoms with E-state index in [-0.39, 0.29) is 0 Å². The van der Waals surface area contributed by atoms with E-state index in [1.165, 1.54) is 6.33 Å². The van der Waals surface area contributed by atoms with Crippen LogP contribution in [0.3, 0.4) is 0 Å². The zero-order chi connectivity index (χ0) is 15.0. The summed E-state index contributed by atoms with van der Waals surface area (Å²) in [5, 5.41) is 12.9. The summed E-state index contributed by atoms with van der Waals surface area (Å²) >= 11 is 0. The van der Waals surface area contributed by atoms with E-state index >= 15 is 0 Å². The number of rotatable bonds is 0. The van der Waals surface area contributed by atoms with E-state index in [0.717, 1.165) is 28.9 Å².